The van der Waals surface area contributed by atoms with Crippen LogP contribution >= 0.6 is 0 Å². The fourth-order valence-corrected chi connectivity index (χ4v) is 2.25. The standard InChI is InChI=1S/C10H14N6O3/c1-12-9-7(16(18)19)10(14-5-13-9)15-4-2-3-6(15)8(11)17/h5-6H,2-4H2,1H3,(H2,11,17)(H,12,13,14). The van der Waals surface area contributed by atoms with Gasteiger partial charge in [-0.05, 0) is 12.8 Å². The molecule has 1 amide bonds. The molecular formula is C10H14N6O3. The zero-order valence-corrected chi connectivity index (χ0v) is 10.4. The van der Waals surface area contributed by atoms with Gasteiger partial charge in [0.15, 0.2) is 0 Å². The highest BCUT2D eigenvalue weighted by atomic mass is 16.6. The zero-order valence-electron chi connectivity index (χ0n) is 10.4. The van der Waals surface area contributed by atoms with Crippen LogP contribution in [0.1, 0.15) is 12.8 Å². The molecule has 0 radical (unpaired) electrons. The van der Waals surface area contributed by atoms with Crippen molar-refractivity contribution < 1.29 is 9.72 Å². The molecule has 1 fully saturated rings. The van der Waals surface area contributed by atoms with Gasteiger partial charge in [0.25, 0.3) is 0 Å². The Morgan fingerprint density at radius 1 is 1.63 bits per heavy atom. The predicted octanol–water partition coefficient (Wildman–Crippen LogP) is -0.119. The number of rotatable bonds is 4. The molecule has 0 aliphatic carbocycles. The molecule has 9 heteroatoms. The van der Waals surface area contributed by atoms with Gasteiger partial charge in [0.1, 0.15) is 12.4 Å². The van der Waals surface area contributed by atoms with E-state index in [4.69, 9.17) is 5.73 Å². The second-order valence-corrected chi connectivity index (χ2v) is 4.16. The highest BCUT2D eigenvalue weighted by Gasteiger charge is 2.36. The summed E-state index contributed by atoms with van der Waals surface area (Å²) in [6.45, 7) is 0.509. The molecule has 1 atom stereocenters. The molecule has 0 bridgehead atoms. The number of nitrogens with one attached hydrogen (secondary N) is 1. The molecule has 0 spiro atoms. The molecule has 19 heavy (non-hydrogen) atoms. The first kappa shape index (κ1) is 13.0. The highest BCUT2D eigenvalue weighted by Crippen LogP contribution is 2.35. The number of carbonyl (C=O) groups excluding carboxylic acids is 1. The number of aromatic nitrogens is 2. The lowest BCUT2D eigenvalue weighted by atomic mass is 10.2. The van der Waals surface area contributed by atoms with E-state index in [1.165, 1.54) is 13.4 Å². The summed E-state index contributed by atoms with van der Waals surface area (Å²) in [6.07, 6.45) is 2.54. The van der Waals surface area contributed by atoms with Gasteiger partial charge in [0, 0.05) is 13.6 Å². The number of hydrogen-bond acceptors (Lipinski definition) is 7. The molecule has 3 N–H and O–H groups in total. The topological polar surface area (TPSA) is 127 Å². The Bertz CT molecular complexity index is 520. The summed E-state index contributed by atoms with van der Waals surface area (Å²) >= 11 is 0. The first-order chi connectivity index (χ1) is 9.06. The summed E-state index contributed by atoms with van der Waals surface area (Å²) in [5.41, 5.74) is 5.07. The smallest absolute Gasteiger partial charge is 0.353 e. The molecule has 1 aromatic heterocycles. The first-order valence-electron chi connectivity index (χ1n) is 5.79. The van der Waals surface area contributed by atoms with Gasteiger partial charge < -0.3 is 16.0 Å². The van der Waals surface area contributed by atoms with Gasteiger partial charge in [0.05, 0.1) is 4.92 Å². The third-order valence-electron chi connectivity index (χ3n) is 3.08. The van der Waals surface area contributed by atoms with E-state index in [-0.39, 0.29) is 17.3 Å². The van der Waals surface area contributed by atoms with Crippen LogP contribution in [0.15, 0.2) is 6.33 Å². The Kier molecular flexibility index (Phi) is 3.45. The molecule has 2 rings (SSSR count). The Morgan fingerprint density at radius 3 is 2.95 bits per heavy atom. The lowest BCUT2D eigenvalue weighted by molar-refractivity contribution is -0.383. The summed E-state index contributed by atoms with van der Waals surface area (Å²) in [6, 6.07) is -0.557. The van der Waals surface area contributed by atoms with E-state index in [1.54, 1.807) is 4.90 Å². The molecule has 102 valence electrons. The third-order valence-corrected chi connectivity index (χ3v) is 3.08. The number of carbonyl (C=O) groups is 1. The van der Waals surface area contributed by atoms with Crippen LogP contribution in [0.2, 0.25) is 0 Å². The van der Waals surface area contributed by atoms with Gasteiger partial charge in [-0.3, -0.25) is 14.9 Å². The van der Waals surface area contributed by atoms with Crippen molar-refractivity contribution >= 4 is 23.2 Å². The van der Waals surface area contributed by atoms with E-state index in [0.29, 0.717) is 13.0 Å². The van der Waals surface area contributed by atoms with Crippen molar-refractivity contribution in [1.29, 1.82) is 0 Å². The summed E-state index contributed by atoms with van der Waals surface area (Å²) in [5.74, 6) is -0.257. The fraction of sp³-hybridized carbons (Fsp3) is 0.500. The summed E-state index contributed by atoms with van der Waals surface area (Å²) < 4.78 is 0. The summed E-state index contributed by atoms with van der Waals surface area (Å²) in [7, 11) is 1.54. The SMILES string of the molecule is CNc1ncnc(N2CCCC2C(N)=O)c1[N+](=O)[O-]. The minimum absolute atomic E-state index is 0.116. The van der Waals surface area contributed by atoms with Crippen molar-refractivity contribution in [2.45, 2.75) is 18.9 Å². The van der Waals surface area contributed by atoms with Crippen LogP contribution < -0.4 is 16.0 Å². The van der Waals surface area contributed by atoms with Gasteiger partial charge in [-0.2, -0.15) is 0 Å². The lowest BCUT2D eigenvalue weighted by Gasteiger charge is -2.22. The van der Waals surface area contributed by atoms with Gasteiger partial charge in [-0.15, -0.1) is 0 Å². The van der Waals surface area contributed by atoms with Crippen molar-refractivity contribution in [2.24, 2.45) is 5.73 Å². The first-order valence-corrected chi connectivity index (χ1v) is 5.79. The number of nitrogens with zero attached hydrogens (tertiary/aromatic N) is 4. The number of amides is 1. The van der Waals surface area contributed by atoms with Crippen LogP contribution in [0.5, 0.6) is 0 Å². The van der Waals surface area contributed by atoms with Crippen LogP contribution in [0.3, 0.4) is 0 Å². The van der Waals surface area contributed by atoms with E-state index >= 15 is 0 Å². The van der Waals surface area contributed by atoms with Crippen molar-refractivity contribution in [2.75, 3.05) is 23.8 Å². The summed E-state index contributed by atoms with van der Waals surface area (Å²) in [4.78, 5) is 31.3. The maximum absolute atomic E-state index is 11.4. The van der Waals surface area contributed by atoms with Gasteiger partial charge in [0.2, 0.25) is 17.5 Å². The highest BCUT2D eigenvalue weighted by molar-refractivity contribution is 5.85. The maximum Gasteiger partial charge on any atom is 0.353 e. The Morgan fingerprint density at radius 2 is 2.37 bits per heavy atom. The molecule has 1 aromatic rings. The van der Waals surface area contributed by atoms with E-state index in [9.17, 15) is 14.9 Å². The van der Waals surface area contributed by atoms with Crippen LogP contribution in [-0.2, 0) is 4.79 Å². The number of anilines is 2. The normalized spacial score (nSPS) is 18.4. The molecule has 1 unspecified atom stereocenters. The Hall–Kier alpha value is -2.45. The number of hydrogen-bond donors (Lipinski definition) is 2. The van der Waals surface area contributed by atoms with E-state index in [0.717, 1.165) is 6.42 Å². The average molecular weight is 266 g/mol. The minimum Gasteiger partial charge on any atom is -0.368 e. The van der Waals surface area contributed by atoms with Crippen LogP contribution in [0.25, 0.3) is 0 Å². The Labute approximate surface area is 109 Å². The van der Waals surface area contributed by atoms with Crippen molar-refractivity contribution in [1.82, 2.24) is 9.97 Å². The Balaban J connectivity index is 2.50. The molecule has 1 saturated heterocycles. The van der Waals surface area contributed by atoms with E-state index < -0.39 is 16.9 Å². The van der Waals surface area contributed by atoms with Crippen molar-refractivity contribution in [3.8, 4) is 0 Å². The number of nitro groups is 1. The third kappa shape index (κ3) is 2.26. The monoisotopic (exact) mass is 266 g/mol. The average Bonchev–Trinajstić information content (AvgIpc) is 2.86. The molecule has 2 heterocycles. The van der Waals surface area contributed by atoms with E-state index in [2.05, 4.69) is 15.3 Å². The van der Waals surface area contributed by atoms with Crippen LogP contribution in [-0.4, -0.2) is 40.4 Å². The number of primary amides is 1. The molecule has 0 aromatic carbocycles. The number of nitrogens with two attached hydrogens (primary N) is 1. The van der Waals surface area contributed by atoms with Crippen molar-refractivity contribution in [3.05, 3.63) is 16.4 Å². The molecule has 1 aliphatic rings. The molecule has 0 saturated carbocycles. The van der Waals surface area contributed by atoms with Gasteiger partial charge in [-0.25, -0.2) is 9.97 Å². The lowest BCUT2D eigenvalue weighted by Crippen LogP contribution is -2.41. The van der Waals surface area contributed by atoms with Crippen molar-refractivity contribution in [3.63, 3.8) is 0 Å². The second-order valence-electron chi connectivity index (χ2n) is 4.16. The molecular weight excluding hydrogens is 252 g/mol. The minimum atomic E-state index is -0.558. The van der Waals surface area contributed by atoms with Gasteiger partial charge in [-0.1, -0.05) is 0 Å². The quantitative estimate of drug-likeness (QED) is 0.574. The zero-order chi connectivity index (χ0) is 14.0. The van der Waals surface area contributed by atoms with E-state index in [1.807, 2.05) is 0 Å². The van der Waals surface area contributed by atoms with Crippen LogP contribution in [0.4, 0.5) is 17.3 Å². The fourth-order valence-electron chi connectivity index (χ4n) is 2.25. The largest absolute Gasteiger partial charge is 0.368 e. The summed E-state index contributed by atoms with van der Waals surface area (Å²) in [5, 5.41) is 13.8. The maximum atomic E-state index is 11.4. The molecule has 1 aliphatic heterocycles. The molecule has 9 nitrogen and oxygen atoms in total. The second kappa shape index (κ2) is 5.04. The van der Waals surface area contributed by atoms with Gasteiger partial charge >= 0.3 is 5.69 Å². The van der Waals surface area contributed by atoms with Crippen LogP contribution in [0, 0.1) is 10.1 Å². The predicted molar refractivity (Wildman–Crippen MR) is 67.8 cm³/mol.